The van der Waals surface area contributed by atoms with Crippen LogP contribution in [-0.4, -0.2) is 28.4 Å². The molecule has 0 aliphatic rings. The van der Waals surface area contributed by atoms with Gasteiger partial charge in [0.2, 0.25) is 0 Å². The molecule has 0 atom stereocenters. The molecule has 4 heteroatoms. The predicted molar refractivity (Wildman–Crippen MR) is 88.0 cm³/mol. The van der Waals surface area contributed by atoms with Gasteiger partial charge in [-0.15, -0.1) is 0 Å². The van der Waals surface area contributed by atoms with E-state index in [4.69, 9.17) is 18.9 Å². The van der Waals surface area contributed by atoms with E-state index < -0.39 is 0 Å². The van der Waals surface area contributed by atoms with Crippen molar-refractivity contribution in [3.63, 3.8) is 0 Å². The topological polar surface area (TPSA) is 36.9 Å². The van der Waals surface area contributed by atoms with Gasteiger partial charge >= 0.3 is 0 Å². The Morgan fingerprint density at radius 2 is 1.27 bits per heavy atom. The van der Waals surface area contributed by atoms with Crippen molar-refractivity contribution in [3.05, 3.63) is 47.5 Å². The van der Waals surface area contributed by atoms with Gasteiger partial charge in [-0.2, -0.15) is 0 Å². The summed E-state index contributed by atoms with van der Waals surface area (Å²) in [7, 11) is 6.54. The van der Waals surface area contributed by atoms with Crippen LogP contribution in [0.1, 0.15) is 11.1 Å². The molecular weight excluding hydrogens is 279 g/mol. The van der Waals surface area contributed by atoms with Crippen LogP contribution in [0.25, 0.3) is 12.2 Å². The second kappa shape index (κ2) is 7.41. The zero-order chi connectivity index (χ0) is 15.9. The Morgan fingerprint density at radius 3 is 1.82 bits per heavy atom. The number of ether oxygens (including phenoxy) is 4. The molecule has 116 valence electrons. The van der Waals surface area contributed by atoms with Crippen LogP contribution in [0.5, 0.6) is 23.0 Å². The highest BCUT2D eigenvalue weighted by molar-refractivity contribution is 5.74. The summed E-state index contributed by atoms with van der Waals surface area (Å²) in [5.41, 5.74) is 1.94. The van der Waals surface area contributed by atoms with Crippen molar-refractivity contribution < 1.29 is 18.9 Å². The van der Waals surface area contributed by atoms with E-state index >= 15 is 0 Å². The molecule has 0 spiro atoms. The van der Waals surface area contributed by atoms with E-state index in [2.05, 4.69) is 0 Å². The zero-order valence-electron chi connectivity index (χ0n) is 13.3. The molecule has 0 amide bonds. The van der Waals surface area contributed by atoms with Gasteiger partial charge < -0.3 is 18.9 Å². The summed E-state index contributed by atoms with van der Waals surface area (Å²) in [6, 6.07) is 11.4. The van der Waals surface area contributed by atoms with Crippen molar-refractivity contribution in [2.45, 2.75) is 0 Å². The van der Waals surface area contributed by atoms with Crippen LogP contribution in [0, 0.1) is 0 Å². The van der Waals surface area contributed by atoms with Crippen LogP contribution >= 0.6 is 0 Å². The summed E-state index contributed by atoms with van der Waals surface area (Å²) in [5.74, 6) is 3.02. The minimum absolute atomic E-state index is 0.751. The highest BCUT2D eigenvalue weighted by Crippen LogP contribution is 2.28. The summed E-state index contributed by atoms with van der Waals surface area (Å²) in [6.07, 6.45) is 3.96. The minimum atomic E-state index is 0.751. The second-order valence-corrected chi connectivity index (χ2v) is 4.59. The Hall–Kier alpha value is -2.62. The number of rotatable bonds is 6. The first-order valence-electron chi connectivity index (χ1n) is 6.83. The van der Waals surface area contributed by atoms with E-state index in [1.54, 1.807) is 28.4 Å². The van der Waals surface area contributed by atoms with Crippen LogP contribution in [0.2, 0.25) is 0 Å². The van der Waals surface area contributed by atoms with Crippen molar-refractivity contribution in [1.82, 2.24) is 0 Å². The van der Waals surface area contributed by atoms with Crippen LogP contribution in [0.3, 0.4) is 0 Å². The zero-order valence-corrected chi connectivity index (χ0v) is 13.3. The molecule has 0 saturated carbocycles. The molecule has 0 heterocycles. The van der Waals surface area contributed by atoms with E-state index in [1.807, 2.05) is 48.6 Å². The van der Waals surface area contributed by atoms with Gasteiger partial charge in [-0.1, -0.05) is 12.2 Å². The number of benzene rings is 2. The Labute approximate surface area is 130 Å². The van der Waals surface area contributed by atoms with Crippen LogP contribution < -0.4 is 18.9 Å². The summed E-state index contributed by atoms with van der Waals surface area (Å²) < 4.78 is 21.1. The fourth-order valence-electron chi connectivity index (χ4n) is 2.07. The molecule has 2 aromatic rings. The lowest BCUT2D eigenvalue weighted by molar-refractivity contribution is 0.394. The molecule has 2 aromatic carbocycles. The van der Waals surface area contributed by atoms with Crippen molar-refractivity contribution in [2.24, 2.45) is 0 Å². The standard InChI is InChI=1S/C18H20O4/c1-19-15-8-7-14(18(12-15)22-4)6-5-13-9-16(20-2)11-17(10-13)21-3/h5-12H,1-4H3/b6-5+/i4-1. The average Bonchev–Trinajstić information content (AvgIpc) is 2.59. The average molecular weight is 299 g/mol. The SMILES string of the molecule is COc1cc(/C=C/c2ccc(OC)cc2O[11CH3])cc(OC)c1. The lowest BCUT2D eigenvalue weighted by atomic mass is 10.1. The Balaban J connectivity index is 2.32. The molecular formula is C18H20O4. The van der Waals surface area contributed by atoms with Gasteiger partial charge in [0.1, 0.15) is 23.0 Å². The molecule has 0 unspecified atom stereocenters. The van der Waals surface area contributed by atoms with Gasteiger partial charge in [0, 0.05) is 17.7 Å². The first kappa shape index (κ1) is 15.8. The van der Waals surface area contributed by atoms with Crippen molar-refractivity contribution >= 4 is 12.2 Å². The highest BCUT2D eigenvalue weighted by atomic mass is 16.5. The third kappa shape index (κ3) is 3.73. The normalized spacial score (nSPS) is 10.5. The van der Waals surface area contributed by atoms with Crippen molar-refractivity contribution in [2.75, 3.05) is 28.4 Å². The van der Waals surface area contributed by atoms with Gasteiger partial charge in [0.25, 0.3) is 0 Å². The first-order chi connectivity index (χ1) is 10.7. The number of methoxy groups -OCH3 is 4. The molecule has 0 bridgehead atoms. The maximum absolute atomic E-state index is 5.39. The fraction of sp³-hybridized carbons (Fsp3) is 0.222. The maximum atomic E-state index is 5.39. The third-order valence-corrected chi connectivity index (χ3v) is 3.27. The van der Waals surface area contributed by atoms with E-state index in [0.29, 0.717) is 0 Å². The minimum Gasteiger partial charge on any atom is -0.497 e. The van der Waals surface area contributed by atoms with Gasteiger partial charge in [0.05, 0.1) is 28.4 Å². The molecule has 22 heavy (non-hydrogen) atoms. The van der Waals surface area contributed by atoms with Crippen LogP contribution in [0.4, 0.5) is 0 Å². The summed E-state index contributed by atoms with van der Waals surface area (Å²) >= 11 is 0. The Kier molecular flexibility index (Phi) is 5.31. The molecule has 0 saturated heterocycles. The summed E-state index contributed by atoms with van der Waals surface area (Å²) in [5, 5.41) is 0. The Bertz CT molecular complexity index is 640. The first-order valence-corrected chi connectivity index (χ1v) is 6.83. The van der Waals surface area contributed by atoms with E-state index in [9.17, 15) is 0 Å². The maximum Gasteiger partial charge on any atom is 0.129 e. The van der Waals surface area contributed by atoms with Crippen molar-refractivity contribution in [1.29, 1.82) is 0 Å². The quantitative estimate of drug-likeness (QED) is 0.758. The smallest absolute Gasteiger partial charge is 0.129 e. The molecule has 0 aromatic heterocycles. The van der Waals surface area contributed by atoms with E-state index in [0.717, 1.165) is 34.1 Å². The molecule has 0 radical (unpaired) electrons. The lowest BCUT2D eigenvalue weighted by Gasteiger charge is -2.08. The fourth-order valence-corrected chi connectivity index (χ4v) is 2.07. The predicted octanol–water partition coefficient (Wildman–Crippen LogP) is 3.89. The molecule has 4 nitrogen and oxygen atoms in total. The van der Waals surface area contributed by atoms with Gasteiger partial charge in [-0.05, 0) is 29.8 Å². The summed E-state index contributed by atoms with van der Waals surface area (Å²) in [6.45, 7) is 0. The van der Waals surface area contributed by atoms with Crippen molar-refractivity contribution in [3.8, 4) is 23.0 Å². The molecule has 2 rings (SSSR count). The second-order valence-electron chi connectivity index (χ2n) is 4.59. The third-order valence-electron chi connectivity index (χ3n) is 3.27. The number of hydrogen-bond donors (Lipinski definition) is 0. The molecule has 0 aliphatic heterocycles. The van der Waals surface area contributed by atoms with E-state index in [-0.39, 0.29) is 0 Å². The Morgan fingerprint density at radius 1 is 0.636 bits per heavy atom. The lowest BCUT2D eigenvalue weighted by Crippen LogP contribution is -1.90. The number of hydrogen-bond acceptors (Lipinski definition) is 4. The molecule has 0 fully saturated rings. The van der Waals surface area contributed by atoms with Crippen LogP contribution in [0.15, 0.2) is 36.4 Å². The molecule has 0 N–H and O–H groups in total. The van der Waals surface area contributed by atoms with Gasteiger partial charge in [-0.25, -0.2) is 0 Å². The van der Waals surface area contributed by atoms with Gasteiger partial charge in [-0.3, -0.25) is 0 Å². The van der Waals surface area contributed by atoms with Crippen LogP contribution in [-0.2, 0) is 0 Å². The van der Waals surface area contributed by atoms with E-state index in [1.165, 1.54) is 0 Å². The largest absolute Gasteiger partial charge is 0.497 e. The molecule has 0 aliphatic carbocycles. The summed E-state index contributed by atoms with van der Waals surface area (Å²) in [4.78, 5) is 0. The highest BCUT2D eigenvalue weighted by Gasteiger charge is 2.03. The monoisotopic (exact) mass is 299 g/mol. The van der Waals surface area contributed by atoms with Gasteiger partial charge in [0.15, 0.2) is 0 Å².